The van der Waals surface area contributed by atoms with Gasteiger partial charge >= 0.3 is 0 Å². The second-order valence-corrected chi connectivity index (χ2v) is 6.04. The fourth-order valence-electron chi connectivity index (χ4n) is 3.13. The Labute approximate surface area is 148 Å². The Hall–Kier alpha value is -3.20. The Kier molecular flexibility index (Phi) is 4.13. The number of rotatable bonds is 3. The largest absolute Gasteiger partial charge is 0.284 e. The molecule has 3 aromatic rings. The van der Waals surface area contributed by atoms with Crippen LogP contribution in [0, 0.1) is 0 Å². The van der Waals surface area contributed by atoms with E-state index in [1.165, 1.54) is 5.56 Å². The Morgan fingerprint density at radius 3 is 1.80 bits per heavy atom. The first-order valence-corrected chi connectivity index (χ1v) is 8.39. The van der Waals surface area contributed by atoms with Crippen molar-refractivity contribution in [3.63, 3.8) is 0 Å². The molecule has 4 rings (SSSR count). The minimum atomic E-state index is -0.00365. The van der Waals surface area contributed by atoms with E-state index in [-0.39, 0.29) is 6.04 Å². The molecule has 0 radical (unpaired) electrons. The predicted octanol–water partition coefficient (Wildman–Crippen LogP) is 4.52. The monoisotopic (exact) mass is 325 g/mol. The average molecular weight is 325 g/mol. The number of hydrogen-bond acceptors (Lipinski definition) is 3. The zero-order valence-electron chi connectivity index (χ0n) is 14.1. The molecule has 3 aromatic carbocycles. The molecule has 0 aromatic heterocycles. The smallest absolute Gasteiger partial charge is 0.179 e. The van der Waals surface area contributed by atoms with Gasteiger partial charge in [0.25, 0.3) is 0 Å². The molecule has 3 nitrogen and oxygen atoms in total. The molecule has 1 unspecified atom stereocenters. The van der Waals surface area contributed by atoms with Crippen molar-refractivity contribution in [2.24, 2.45) is 10.1 Å². The summed E-state index contributed by atoms with van der Waals surface area (Å²) in [6, 6.07) is 30.9. The van der Waals surface area contributed by atoms with Gasteiger partial charge < -0.3 is 0 Å². The lowest BCUT2D eigenvalue weighted by atomic mass is 9.95. The molecule has 122 valence electrons. The van der Waals surface area contributed by atoms with Gasteiger partial charge in [-0.3, -0.25) is 5.01 Å². The summed E-state index contributed by atoms with van der Waals surface area (Å²) < 4.78 is 0. The molecule has 1 aliphatic rings. The van der Waals surface area contributed by atoms with Crippen LogP contribution in [0.15, 0.2) is 101 Å². The summed E-state index contributed by atoms with van der Waals surface area (Å²) in [5.41, 5.74) is 4.34. The van der Waals surface area contributed by atoms with Crippen molar-refractivity contribution in [3.05, 3.63) is 108 Å². The summed E-state index contributed by atoms with van der Waals surface area (Å²) in [5, 5.41) is 6.76. The Morgan fingerprint density at radius 2 is 1.20 bits per heavy atom. The van der Waals surface area contributed by atoms with Crippen molar-refractivity contribution in [1.29, 1.82) is 0 Å². The SMILES string of the molecule is CN1N=C(c2ccccc2)N=C(c2ccccc2)C1c1ccccc1. The van der Waals surface area contributed by atoms with Gasteiger partial charge in [-0.15, -0.1) is 0 Å². The Bertz CT molecular complexity index is 900. The zero-order valence-corrected chi connectivity index (χ0v) is 14.1. The number of likely N-dealkylation sites (N-methyl/N-ethyl adjacent to an activating group) is 1. The van der Waals surface area contributed by atoms with E-state index in [1.54, 1.807) is 0 Å². The van der Waals surface area contributed by atoms with Gasteiger partial charge in [0.15, 0.2) is 5.84 Å². The van der Waals surface area contributed by atoms with Crippen molar-refractivity contribution >= 4 is 11.5 Å². The van der Waals surface area contributed by atoms with Crippen LogP contribution in [-0.2, 0) is 0 Å². The topological polar surface area (TPSA) is 28.0 Å². The van der Waals surface area contributed by atoms with E-state index in [2.05, 4.69) is 36.4 Å². The molecule has 0 saturated carbocycles. The minimum absolute atomic E-state index is 0.00365. The molecule has 0 aliphatic carbocycles. The number of amidine groups is 1. The normalized spacial score (nSPS) is 17.0. The zero-order chi connectivity index (χ0) is 17.1. The molecule has 0 N–H and O–H groups in total. The van der Waals surface area contributed by atoms with Gasteiger partial charge in [0.2, 0.25) is 0 Å². The van der Waals surface area contributed by atoms with Gasteiger partial charge in [-0.25, -0.2) is 4.99 Å². The highest BCUT2D eigenvalue weighted by atomic mass is 15.5. The van der Waals surface area contributed by atoms with E-state index in [9.17, 15) is 0 Å². The highest BCUT2D eigenvalue weighted by molar-refractivity contribution is 6.15. The summed E-state index contributed by atoms with van der Waals surface area (Å²) in [7, 11) is 2.01. The molecule has 0 spiro atoms. The molecule has 1 aliphatic heterocycles. The fraction of sp³-hybridized carbons (Fsp3) is 0.0909. The van der Waals surface area contributed by atoms with Crippen molar-refractivity contribution in [3.8, 4) is 0 Å². The predicted molar refractivity (Wildman–Crippen MR) is 103 cm³/mol. The molecule has 0 amide bonds. The van der Waals surface area contributed by atoms with E-state index in [4.69, 9.17) is 10.1 Å². The molecule has 1 heterocycles. The van der Waals surface area contributed by atoms with Crippen LogP contribution in [0.2, 0.25) is 0 Å². The molecule has 3 heteroatoms. The van der Waals surface area contributed by atoms with E-state index in [0.29, 0.717) is 0 Å². The van der Waals surface area contributed by atoms with Crippen LogP contribution in [0.3, 0.4) is 0 Å². The summed E-state index contributed by atoms with van der Waals surface area (Å²) in [4.78, 5) is 4.96. The quantitative estimate of drug-likeness (QED) is 0.695. The van der Waals surface area contributed by atoms with Crippen LogP contribution in [-0.4, -0.2) is 23.6 Å². The highest BCUT2D eigenvalue weighted by Gasteiger charge is 2.28. The van der Waals surface area contributed by atoms with Crippen molar-refractivity contribution in [2.45, 2.75) is 6.04 Å². The molecular formula is C22H19N3. The molecule has 0 saturated heterocycles. The number of nitrogens with zero attached hydrogens (tertiary/aromatic N) is 3. The van der Waals surface area contributed by atoms with Gasteiger partial charge in [-0.1, -0.05) is 91.0 Å². The number of benzene rings is 3. The van der Waals surface area contributed by atoms with Crippen molar-refractivity contribution in [2.75, 3.05) is 7.05 Å². The number of hydrogen-bond donors (Lipinski definition) is 0. The summed E-state index contributed by atoms with van der Waals surface area (Å²) in [6.07, 6.45) is 0. The van der Waals surface area contributed by atoms with Gasteiger partial charge in [0.1, 0.15) is 6.04 Å². The highest BCUT2D eigenvalue weighted by Crippen LogP contribution is 2.29. The fourth-order valence-corrected chi connectivity index (χ4v) is 3.13. The molecule has 0 fully saturated rings. The molecule has 25 heavy (non-hydrogen) atoms. The van der Waals surface area contributed by atoms with Crippen molar-refractivity contribution < 1.29 is 0 Å². The van der Waals surface area contributed by atoms with E-state index >= 15 is 0 Å². The third-order valence-corrected chi connectivity index (χ3v) is 4.33. The van der Waals surface area contributed by atoms with Crippen LogP contribution in [0.1, 0.15) is 22.7 Å². The number of aliphatic imine (C=N–C) groups is 1. The first-order chi connectivity index (χ1) is 12.3. The van der Waals surface area contributed by atoms with Crippen LogP contribution in [0.5, 0.6) is 0 Å². The van der Waals surface area contributed by atoms with E-state index in [1.807, 2.05) is 66.7 Å². The molecular weight excluding hydrogens is 306 g/mol. The third kappa shape index (κ3) is 3.09. The Morgan fingerprint density at radius 1 is 0.680 bits per heavy atom. The minimum Gasteiger partial charge on any atom is -0.284 e. The summed E-state index contributed by atoms with van der Waals surface area (Å²) in [5.74, 6) is 0.745. The van der Waals surface area contributed by atoms with Crippen LogP contribution >= 0.6 is 0 Å². The third-order valence-electron chi connectivity index (χ3n) is 4.33. The maximum Gasteiger partial charge on any atom is 0.179 e. The van der Waals surface area contributed by atoms with Gasteiger partial charge in [-0.2, -0.15) is 5.10 Å². The first kappa shape index (κ1) is 15.3. The number of hydrazone groups is 1. The molecule has 1 atom stereocenters. The van der Waals surface area contributed by atoms with E-state index in [0.717, 1.165) is 22.7 Å². The van der Waals surface area contributed by atoms with Gasteiger partial charge in [0.05, 0.1) is 5.71 Å². The maximum absolute atomic E-state index is 4.96. The van der Waals surface area contributed by atoms with Crippen molar-refractivity contribution in [1.82, 2.24) is 5.01 Å². The standard InChI is InChI=1S/C22H19N3/c1-25-21(18-13-7-3-8-14-18)20(17-11-5-2-6-12-17)23-22(24-25)19-15-9-4-10-16-19/h2-16,21H,1H3. The van der Waals surface area contributed by atoms with Gasteiger partial charge in [0, 0.05) is 12.6 Å². The average Bonchev–Trinajstić information content (AvgIpc) is 2.69. The summed E-state index contributed by atoms with van der Waals surface area (Å²) >= 11 is 0. The maximum atomic E-state index is 4.96. The van der Waals surface area contributed by atoms with Crippen LogP contribution in [0.4, 0.5) is 0 Å². The second kappa shape index (κ2) is 6.73. The van der Waals surface area contributed by atoms with Crippen LogP contribution < -0.4 is 0 Å². The lowest BCUT2D eigenvalue weighted by molar-refractivity contribution is 0.313. The Balaban J connectivity index is 1.85. The van der Waals surface area contributed by atoms with Crippen LogP contribution in [0.25, 0.3) is 0 Å². The summed E-state index contributed by atoms with van der Waals surface area (Å²) in [6.45, 7) is 0. The molecule has 0 bridgehead atoms. The second-order valence-electron chi connectivity index (χ2n) is 6.04. The lowest BCUT2D eigenvalue weighted by Crippen LogP contribution is -2.33. The first-order valence-electron chi connectivity index (χ1n) is 8.39. The van der Waals surface area contributed by atoms with Gasteiger partial charge in [-0.05, 0) is 11.1 Å². The lowest BCUT2D eigenvalue weighted by Gasteiger charge is -2.31. The van der Waals surface area contributed by atoms with E-state index < -0.39 is 0 Å².